The summed E-state index contributed by atoms with van der Waals surface area (Å²) >= 11 is 12.1. The minimum absolute atomic E-state index is 0.169. The SMILES string of the molecule is C[C@@]1(C(=O)Nc2ccc3oc(C4CC4)nc3c2)CC1(Cl)Cl. The van der Waals surface area contributed by atoms with Crippen molar-refractivity contribution >= 4 is 45.9 Å². The predicted octanol–water partition coefficient (Wildman–Crippen LogP) is 4.23. The van der Waals surface area contributed by atoms with Gasteiger partial charge in [0.2, 0.25) is 5.91 Å². The lowest BCUT2D eigenvalue weighted by atomic mass is 10.1. The lowest BCUT2D eigenvalue weighted by Crippen LogP contribution is -2.25. The lowest BCUT2D eigenvalue weighted by molar-refractivity contribution is -0.120. The maximum absolute atomic E-state index is 12.2. The Labute approximate surface area is 131 Å². The van der Waals surface area contributed by atoms with Crippen molar-refractivity contribution in [1.82, 2.24) is 4.98 Å². The first kappa shape index (κ1) is 13.4. The van der Waals surface area contributed by atoms with Crippen molar-refractivity contribution in [3.05, 3.63) is 24.1 Å². The van der Waals surface area contributed by atoms with Crippen molar-refractivity contribution in [2.24, 2.45) is 5.41 Å². The number of nitrogens with zero attached hydrogens (tertiary/aromatic N) is 1. The molecule has 21 heavy (non-hydrogen) atoms. The van der Waals surface area contributed by atoms with E-state index in [9.17, 15) is 4.79 Å². The lowest BCUT2D eigenvalue weighted by Gasteiger charge is -2.12. The Kier molecular flexibility index (Phi) is 2.64. The van der Waals surface area contributed by atoms with Crippen LogP contribution >= 0.6 is 23.2 Å². The monoisotopic (exact) mass is 324 g/mol. The third-order valence-corrected chi connectivity index (χ3v) is 5.45. The number of aromatic nitrogens is 1. The molecule has 2 aromatic rings. The first-order valence-corrected chi connectivity index (χ1v) is 7.74. The van der Waals surface area contributed by atoms with Gasteiger partial charge in [-0.1, -0.05) is 0 Å². The van der Waals surface area contributed by atoms with Crippen LogP contribution in [0.4, 0.5) is 5.69 Å². The van der Waals surface area contributed by atoms with Gasteiger partial charge in [-0.15, -0.1) is 23.2 Å². The third kappa shape index (κ3) is 2.12. The van der Waals surface area contributed by atoms with E-state index >= 15 is 0 Å². The number of anilines is 1. The highest BCUT2D eigenvalue weighted by atomic mass is 35.5. The summed E-state index contributed by atoms with van der Waals surface area (Å²) in [7, 11) is 0. The molecule has 2 aliphatic carbocycles. The molecule has 2 saturated carbocycles. The van der Waals surface area contributed by atoms with E-state index in [4.69, 9.17) is 27.6 Å². The van der Waals surface area contributed by atoms with Gasteiger partial charge in [-0.2, -0.15) is 0 Å². The van der Waals surface area contributed by atoms with Crippen molar-refractivity contribution in [1.29, 1.82) is 0 Å². The van der Waals surface area contributed by atoms with Gasteiger partial charge in [-0.3, -0.25) is 4.79 Å². The van der Waals surface area contributed by atoms with Crippen LogP contribution in [0.15, 0.2) is 22.6 Å². The van der Waals surface area contributed by atoms with Crippen LogP contribution in [0.1, 0.15) is 38.0 Å². The number of halogens is 2. The molecule has 2 aliphatic rings. The number of benzene rings is 1. The van der Waals surface area contributed by atoms with Crippen molar-refractivity contribution in [3.63, 3.8) is 0 Å². The first-order chi connectivity index (χ1) is 9.89. The van der Waals surface area contributed by atoms with E-state index in [1.807, 2.05) is 12.1 Å². The van der Waals surface area contributed by atoms with E-state index in [1.165, 1.54) is 0 Å². The summed E-state index contributed by atoms with van der Waals surface area (Å²) < 4.78 is 4.73. The molecule has 0 unspecified atom stereocenters. The van der Waals surface area contributed by atoms with Gasteiger partial charge in [0.1, 0.15) is 9.85 Å². The molecular formula is C15H14Cl2N2O2. The topological polar surface area (TPSA) is 55.1 Å². The number of fused-ring (bicyclic) bond motifs is 1. The highest BCUT2D eigenvalue weighted by Gasteiger charge is 2.67. The van der Waals surface area contributed by atoms with Crippen LogP contribution in [0.5, 0.6) is 0 Å². The number of carbonyl (C=O) groups excluding carboxylic acids is 1. The fraction of sp³-hybridized carbons (Fsp3) is 0.467. The molecule has 0 spiro atoms. The molecule has 1 heterocycles. The second kappa shape index (κ2) is 4.14. The number of hydrogen-bond donors (Lipinski definition) is 1. The Hall–Kier alpha value is -1.26. The maximum Gasteiger partial charge on any atom is 0.233 e. The summed E-state index contributed by atoms with van der Waals surface area (Å²) in [5.74, 6) is 1.09. The third-order valence-electron chi connectivity index (χ3n) is 4.35. The standard InChI is InChI=1S/C15H14Cl2N2O2/c1-14(7-15(14,16)17)13(20)18-9-4-5-11-10(6-9)19-12(21-11)8-2-3-8/h4-6,8H,2-3,7H2,1H3,(H,18,20)/t14-/m0/s1. The number of amides is 1. The second-order valence-corrected chi connectivity index (χ2v) is 7.66. The molecule has 1 atom stereocenters. The van der Waals surface area contributed by atoms with Crippen LogP contribution in [-0.2, 0) is 4.79 Å². The van der Waals surface area contributed by atoms with Crippen LogP contribution in [0, 0.1) is 5.41 Å². The average Bonchev–Trinajstić information content (AvgIpc) is 3.28. The van der Waals surface area contributed by atoms with Gasteiger partial charge in [0.25, 0.3) is 0 Å². The molecule has 4 nitrogen and oxygen atoms in total. The summed E-state index contributed by atoms with van der Waals surface area (Å²) in [5, 5.41) is 2.86. The molecule has 1 aromatic carbocycles. The number of hydrogen-bond acceptors (Lipinski definition) is 3. The van der Waals surface area contributed by atoms with Gasteiger partial charge < -0.3 is 9.73 Å². The van der Waals surface area contributed by atoms with E-state index < -0.39 is 9.75 Å². The second-order valence-electron chi connectivity index (χ2n) is 6.18. The fourth-order valence-electron chi connectivity index (χ4n) is 2.44. The Bertz CT molecular complexity index is 751. The molecule has 1 N–H and O–H groups in total. The number of carbonyl (C=O) groups is 1. The molecular weight excluding hydrogens is 311 g/mol. The highest BCUT2D eigenvalue weighted by Crippen LogP contribution is 2.64. The van der Waals surface area contributed by atoms with Gasteiger partial charge in [-0.05, 0) is 44.4 Å². The molecule has 0 radical (unpaired) electrons. The van der Waals surface area contributed by atoms with E-state index in [0.29, 0.717) is 18.0 Å². The van der Waals surface area contributed by atoms with Crippen LogP contribution in [0.25, 0.3) is 11.1 Å². The maximum atomic E-state index is 12.2. The fourth-order valence-corrected chi connectivity index (χ4v) is 3.15. The Morgan fingerprint density at radius 1 is 1.43 bits per heavy atom. The zero-order chi connectivity index (χ0) is 14.8. The number of oxazole rings is 1. The molecule has 0 saturated heterocycles. The summed E-state index contributed by atoms with van der Waals surface area (Å²) in [6.07, 6.45) is 2.75. The van der Waals surface area contributed by atoms with Crippen LogP contribution < -0.4 is 5.32 Å². The summed E-state index contributed by atoms with van der Waals surface area (Å²) in [4.78, 5) is 16.7. The molecule has 1 amide bonds. The van der Waals surface area contributed by atoms with Crippen LogP contribution in [0.2, 0.25) is 0 Å². The van der Waals surface area contributed by atoms with Gasteiger partial charge in [0, 0.05) is 11.6 Å². The number of alkyl halides is 2. The zero-order valence-corrected chi connectivity index (χ0v) is 13.0. The van der Waals surface area contributed by atoms with Crippen molar-refractivity contribution < 1.29 is 9.21 Å². The first-order valence-electron chi connectivity index (χ1n) is 6.99. The summed E-state index contributed by atoms with van der Waals surface area (Å²) in [6.45, 7) is 1.77. The molecule has 4 rings (SSSR count). The predicted molar refractivity (Wildman–Crippen MR) is 81.8 cm³/mol. The smallest absolute Gasteiger partial charge is 0.233 e. The zero-order valence-electron chi connectivity index (χ0n) is 11.5. The Balaban J connectivity index is 1.58. The van der Waals surface area contributed by atoms with Crippen molar-refractivity contribution in [3.8, 4) is 0 Å². The van der Waals surface area contributed by atoms with Gasteiger partial charge in [0.15, 0.2) is 11.5 Å². The van der Waals surface area contributed by atoms with E-state index in [2.05, 4.69) is 10.3 Å². The quantitative estimate of drug-likeness (QED) is 0.859. The number of rotatable bonds is 3. The molecule has 6 heteroatoms. The average molecular weight is 325 g/mol. The van der Waals surface area contributed by atoms with Crippen LogP contribution in [0.3, 0.4) is 0 Å². The van der Waals surface area contributed by atoms with Gasteiger partial charge >= 0.3 is 0 Å². The van der Waals surface area contributed by atoms with E-state index in [1.54, 1.807) is 13.0 Å². The summed E-state index contributed by atoms with van der Waals surface area (Å²) in [5.41, 5.74) is 1.46. The molecule has 0 bridgehead atoms. The van der Waals surface area contributed by atoms with Crippen molar-refractivity contribution in [2.45, 2.75) is 36.4 Å². The van der Waals surface area contributed by atoms with Crippen molar-refractivity contribution in [2.75, 3.05) is 5.32 Å². The number of nitrogens with one attached hydrogen (secondary N) is 1. The van der Waals surface area contributed by atoms with E-state index in [-0.39, 0.29) is 5.91 Å². The highest BCUT2D eigenvalue weighted by molar-refractivity contribution is 6.53. The molecule has 110 valence electrons. The summed E-state index contributed by atoms with van der Waals surface area (Å²) in [6, 6.07) is 5.45. The van der Waals surface area contributed by atoms with Crippen LogP contribution in [-0.4, -0.2) is 15.2 Å². The molecule has 1 aromatic heterocycles. The van der Waals surface area contributed by atoms with Gasteiger partial charge in [-0.25, -0.2) is 4.98 Å². The molecule has 0 aliphatic heterocycles. The normalized spacial score (nSPS) is 26.8. The van der Waals surface area contributed by atoms with E-state index in [0.717, 1.165) is 29.8 Å². The molecule has 2 fully saturated rings. The Morgan fingerprint density at radius 3 is 2.76 bits per heavy atom. The minimum atomic E-state index is -0.964. The van der Waals surface area contributed by atoms with Gasteiger partial charge in [0.05, 0.1) is 5.41 Å². The largest absolute Gasteiger partial charge is 0.440 e. The Morgan fingerprint density at radius 2 is 2.14 bits per heavy atom. The minimum Gasteiger partial charge on any atom is -0.440 e.